The number of methoxy groups -OCH3 is 1. The zero-order valence-corrected chi connectivity index (χ0v) is 16.9. The second-order valence-electron chi connectivity index (χ2n) is 6.76. The highest BCUT2D eigenvalue weighted by molar-refractivity contribution is 7.17. The maximum Gasteiger partial charge on any atom is 0.349 e. The van der Waals surface area contributed by atoms with E-state index in [2.05, 4.69) is 17.1 Å². The SMILES string of the molecule is CCN1CCc2c(sc(NC(=O)c3cc4ccccc4oc3=O)c2C(=O)OC)C1. The number of hydrogen-bond acceptors (Lipinski definition) is 7. The number of likely N-dealkylation sites (N-methyl/N-ethyl adjacent to an activating group) is 1. The van der Waals surface area contributed by atoms with Crippen LogP contribution in [0.25, 0.3) is 11.0 Å². The molecule has 0 unspecified atom stereocenters. The number of nitrogens with zero attached hydrogens (tertiary/aromatic N) is 1. The molecule has 1 aromatic carbocycles. The molecule has 0 bridgehead atoms. The van der Waals surface area contributed by atoms with Crippen LogP contribution in [0.1, 0.15) is 38.1 Å². The van der Waals surface area contributed by atoms with Gasteiger partial charge in [0.2, 0.25) is 0 Å². The Hall–Kier alpha value is -2.97. The summed E-state index contributed by atoms with van der Waals surface area (Å²) in [5.41, 5.74) is 0.866. The normalized spacial score (nSPS) is 13.9. The van der Waals surface area contributed by atoms with E-state index in [0.717, 1.165) is 23.5 Å². The van der Waals surface area contributed by atoms with Crippen LogP contribution in [0, 0.1) is 0 Å². The predicted octanol–water partition coefficient (Wildman–Crippen LogP) is 3.27. The zero-order valence-electron chi connectivity index (χ0n) is 16.1. The standard InChI is InChI=1S/C21H20N2O5S/c1-3-23-9-8-13-16(11-23)29-19(17(13)21(26)27-2)22-18(24)14-10-12-6-4-5-7-15(12)28-20(14)25/h4-7,10H,3,8-9,11H2,1-2H3,(H,22,24). The van der Waals surface area contributed by atoms with Crippen LogP contribution < -0.4 is 10.9 Å². The van der Waals surface area contributed by atoms with E-state index in [4.69, 9.17) is 9.15 Å². The smallest absolute Gasteiger partial charge is 0.349 e. The lowest BCUT2D eigenvalue weighted by atomic mass is 10.0. The molecule has 1 amide bonds. The summed E-state index contributed by atoms with van der Waals surface area (Å²) in [4.78, 5) is 40.9. The largest absolute Gasteiger partial charge is 0.465 e. The third-order valence-corrected chi connectivity index (χ3v) is 6.22. The van der Waals surface area contributed by atoms with Crippen molar-refractivity contribution >= 4 is 39.2 Å². The van der Waals surface area contributed by atoms with E-state index < -0.39 is 17.5 Å². The summed E-state index contributed by atoms with van der Waals surface area (Å²) in [6.07, 6.45) is 0.706. The lowest BCUT2D eigenvalue weighted by Gasteiger charge is -2.25. The number of fused-ring (bicyclic) bond motifs is 2. The Kier molecular flexibility index (Phi) is 5.21. The van der Waals surface area contributed by atoms with Gasteiger partial charge in [0, 0.05) is 23.4 Å². The molecule has 29 heavy (non-hydrogen) atoms. The van der Waals surface area contributed by atoms with Crippen LogP contribution in [0.3, 0.4) is 0 Å². The number of anilines is 1. The van der Waals surface area contributed by atoms with Crippen LogP contribution >= 0.6 is 11.3 Å². The van der Waals surface area contributed by atoms with E-state index in [1.54, 1.807) is 24.3 Å². The number of hydrogen-bond donors (Lipinski definition) is 1. The molecule has 0 radical (unpaired) electrons. The van der Waals surface area contributed by atoms with E-state index in [-0.39, 0.29) is 5.56 Å². The number of amides is 1. The average molecular weight is 412 g/mol. The Bertz CT molecular complexity index is 1160. The number of nitrogens with one attached hydrogen (secondary N) is 1. The van der Waals surface area contributed by atoms with E-state index in [9.17, 15) is 14.4 Å². The topological polar surface area (TPSA) is 88.9 Å². The highest BCUT2D eigenvalue weighted by Gasteiger charge is 2.29. The minimum Gasteiger partial charge on any atom is -0.465 e. The summed E-state index contributed by atoms with van der Waals surface area (Å²) >= 11 is 1.35. The number of benzene rings is 1. The molecule has 1 N–H and O–H groups in total. The van der Waals surface area contributed by atoms with E-state index in [1.165, 1.54) is 24.5 Å². The highest BCUT2D eigenvalue weighted by Crippen LogP contribution is 2.37. The zero-order chi connectivity index (χ0) is 20.5. The molecular weight excluding hydrogens is 392 g/mol. The van der Waals surface area contributed by atoms with Crippen molar-refractivity contribution in [2.45, 2.75) is 19.9 Å². The molecule has 3 aromatic rings. The quantitative estimate of drug-likeness (QED) is 0.523. The molecule has 0 fully saturated rings. The first-order chi connectivity index (χ1) is 14.0. The second-order valence-corrected chi connectivity index (χ2v) is 7.86. The van der Waals surface area contributed by atoms with Gasteiger partial charge in [0.1, 0.15) is 16.1 Å². The summed E-state index contributed by atoms with van der Waals surface area (Å²) in [7, 11) is 1.32. The van der Waals surface area contributed by atoms with Gasteiger partial charge >= 0.3 is 11.6 Å². The summed E-state index contributed by atoms with van der Waals surface area (Å²) < 4.78 is 10.2. The van der Waals surface area contributed by atoms with Gasteiger partial charge in [-0.2, -0.15) is 0 Å². The minimum atomic E-state index is -0.723. The fraction of sp³-hybridized carbons (Fsp3) is 0.286. The van der Waals surface area contributed by atoms with Gasteiger partial charge in [-0.1, -0.05) is 25.1 Å². The molecule has 4 rings (SSSR count). The third kappa shape index (κ3) is 3.56. The average Bonchev–Trinajstić information content (AvgIpc) is 3.09. The van der Waals surface area contributed by atoms with Crippen LogP contribution in [0.5, 0.6) is 0 Å². The first-order valence-electron chi connectivity index (χ1n) is 9.31. The predicted molar refractivity (Wildman–Crippen MR) is 111 cm³/mol. The molecule has 0 spiro atoms. The number of thiophene rings is 1. The van der Waals surface area contributed by atoms with Gasteiger partial charge in [0.05, 0.1) is 12.7 Å². The van der Waals surface area contributed by atoms with Gasteiger partial charge in [-0.3, -0.25) is 9.69 Å². The maximum absolute atomic E-state index is 12.8. The van der Waals surface area contributed by atoms with Crippen LogP contribution in [0.4, 0.5) is 5.00 Å². The van der Waals surface area contributed by atoms with Gasteiger partial charge < -0.3 is 14.5 Å². The molecular formula is C21H20N2O5S. The van der Waals surface area contributed by atoms with Crippen molar-refractivity contribution in [2.24, 2.45) is 0 Å². The van der Waals surface area contributed by atoms with Crippen LogP contribution in [-0.4, -0.2) is 37.0 Å². The minimum absolute atomic E-state index is 0.110. The van der Waals surface area contributed by atoms with Crippen molar-refractivity contribution in [3.63, 3.8) is 0 Å². The summed E-state index contributed by atoms with van der Waals surface area (Å²) in [6.45, 7) is 4.55. The maximum atomic E-state index is 12.8. The Morgan fingerprint density at radius 2 is 2.10 bits per heavy atom. The number of carbonyl (C=O) groups is 2. The van der Waals surface area contributed by atoms with Crippen molar-refractivity contribution in [1.29, 1.82) is 0 Å². The van der Waals surface area contributed by atoms with Crippen molar-refractivity contribution < 1.29 is 18.7 Å². The number of carbonyl (C=O) groups excluding carboxylic acids is 2. The Morgan fingerprint density at radius 1 is 1.31 bits per heavy atom. The Labute approximate surface area is 170 Å². The van der Waals surface area contributed by atoms with Gasteiger partial charge in [-0.15, -0.1) is 11.3 Å². The van der Waals surface area contributed by atoms with Crippen LogP contribution in [-0.2, 0) is 17.7 Å². The number of ether oxygens (including phenoxy) is 1. The van der Waals surface area contributed by atoms with Crippen LogP contribution in [0.15, 0.2) is 39.5 Å². The fourth-order valence-electron chi connectivity index (χ4n) is 3.52. The Morgan fingerprint density at radius 3 is 2.86 bits per heavy atom. The van der Waals surface area contributed by atoms with E-state index in [1.807, 2.05) is 0 Å². The van der Waals surface area contributed by atoms with Crippen molar-refractivity contribution in [3.05, 3.63) is 62.3 Å². The molecule has 1 aliphatic rings. The number of para-hydroxylation sites is 1. The van der Waals surface area contributed by atoms with Crippen molar-refractivity contribution in [2.75, 3.05) is 25.5 Å². The fourth-order valence-corrected chi connectivity index (χ4v) is 4.80. The molecule has 8 heteroatoms. The van der Waals surface area contributed by atoms with Gasteiger partial charge in [0.15, 0.2) is 0 Å². The molecule has 0 saturated heterocycles. The lowest BCUT2D eigenvalue weighted by molar-refractivity contribution is 0.0600. The van der Waals surface area contributed by atoms with E-state index >= 15 is 0 Å². The summed E-state index contributed by atoms with van der Waals surface area (Å²) in [5, 5.41) is 3.79. The molecule has 7 nitrogen and oxygen atoms in total. The molecule has 2 aromatic heterocycles. The molecule has 0 atom stereocenters. The van der Waals surface area contributed by atoms with E-state index in [0.29, 0.717) is 34.5 Å². The Balaban J connectivity index is 1.71. The summed E-state index contributed by atoms with van der Waals surface area (Å²) in [6, 6.07) is 8.48. The third-order valence-electron chi connectivity index (χ3n) is 5.09. The van der Waals surface area contributed by atoms with Crippen LogP contribution in [0.2, 0.25) is 0 Å². The van der Waals surface area contributed by atoms with Gasteiger partial charge in [-0.05, 0) is 30.7 Å². The monoisotopic (exact) mass is 412 g/mol. The van der Waals surface area contributed by atoms with Crippen molar-refractivity contribution in [1.82, 2.24) is 4.90 Å². The van der Waals surface area contributed by atoms with Crippen molar-refractivity contribution in [3.8, 4) is 0 Å². The highest BCUT2D eigenvalue weighted by atomic mass is 32.1. The first-order valence-corrected chi connectivity index (χ1v) is 10.1. The molecule has 0 aliphatic carbocycles. The van der Waals surface area contributed by atoms with Gasteiger partial charge in [0.25, 0.3) is 5.91 Å². The molecule has 0 saturated carbocycles. The number of esters is 1. The van der Waals surface area contributed by atoms with Gasteiger partial charge in [-0.25, -0.2) is 9.59 Å². The molecule has 1 aliphatic heterocycles. The number of rotatable bonds is 4. The molecule has 150 valence electrons. The molecule has 3 heterocycles. The first kappa shape index (κ1) is 19.4. The summed E-state index contributed by atoms with van der Waals surface area (Å²) in [5.74, 6) is -1.10. The second kappa shape index (κ2) is 7.81. The lowest BCUT2D eigenvalue weighted by Crippen LogP contribution is -2.30.